The number of piperazine rings is 1. The van der Waals surface area contributed by atoms with E-state index in [1.165, 1.54) is 28.0 Å². The van der Waals surface area contributed by atoms with Crippen molar-refractivity contribution in [1.29, 1.82) is 0 Å². The Hall–Kier alpha value is -3.03. The Balaban J connectivity index is 1.57. The predicted octanol–water partition coefficient (Wildman–Crippen LogP) is 3.80. The zero-order valence-electron chi connectivity index (χ0n) is 15.0. The highest BCUT2D eigenvalue weighted by Gasteiger charge is 2.36. The van der Waals surface area contributed by atoms with Gasteiger partial charge in [-0.3, -0.25) is 4.79 Å². The summed E-state index contributed by atoms with van der Waals surface area (Å²) in [6.45, 7) is 0.829. The Morgan fingerprint density at radius 3 is 2.07 bits per heavy atom. The molecule has 1 aliphatic rings. The molecule has 0 saturated carbocycles. The second-order valence-corrected chi connectivity index (χ2v) is 6.36. The molecule has 1 fully saturated rings. The smallest absolute Gasteiger partial charge is 0.417 e. The van der Waals surface area contributed by atoms with Crippen molar-refractivity contribution >= 4 is 12.0 Å². The minimum atomic E-state index is -4.60. The van der Waals surface area contributed by atoms with E-state index in [4.69, 9.17) is 4.74 Å². The van der Waals surface area contributed by atoms with Gasteiger partial charge in [-0.2, -0.15) is 13.2 Å². The van der Waals surface area contributed by atoms with E-state index in [1.54, 1.807) is 0 Å². The molecular weight excluding hydrogens is 373 g/mol. The lowest BCUT2D eigenvalue weighted by molar-refractivity contribution is -0.138. The first kappa shape index (κ1) is 19.7. The summed E-state index contributed by atoms with van der Waals surface area (Å²) in [4.78, 5) is 27.5. The van der Waals surface area contributed by atoms with Crippen LogP contribution in [0.4, 0.5) is 18.0 Å². The highest BCUT2D eigenvalue weighted by molar-refractivity contribution is 5.96. The number of carbonyl (C=O) groups excluding carboxylic acids is 2. The molecule has 0 bridgehead atoms. The molecule has 148 valence electrons. The molecule has 0 aromatic heterocycles. The number of nitrogens with zero attached hydrogens (tertiary/aromatic N) is 2. The summed E-state index contributed by atoms with van der Waals surface area (Å²) in [7, 11) is 0. The summed E-state index contributed by atoms with van der Waals surface area (Å²) in [6.07, 6.45) is -5.11. The fourth-order valence-electron chi connectivity index (χ4n) is 2.99. The minimum absolute atomic E-state index is 0.137. The molecule has 5 nitrogen and oxygen atoms in total. The summed E-state index contributed by atoms with van der Waals surface area (Å²) in [6, 6.07) is 13.9. The van der Waals surface area contributed by atoms with Gasteiger partial charge in [-0.05, 0) is 17.7 Å². The minimum Gasteiger partial charge on any atom is -0.445 e. The van der Waals surface area contributed by atoms with Gasteiger partial charge in [0.1, 0.15) is 6.61 Å². The van der Waals surface area contributed by atoms with Gasteiger partial charge < -0.3 is 14.5 Å². The number of benzene rings is 2. The van der Waals surface area contributed by atoms with Gasteiger partial charge in [-0.1, -0.05) is 42.5 Å². The third-order valence-electron chi connectivity index (χ3n) is 4.49. The average Bonchev–Trinajstić information content (AvgIpc) is 2.72. The molecule has 2 amide bonds. The van der Waals surface area contributed by atoms with Crippen LogP contribution >= 0.6 is 0 Å². The molecule has 28 heavy (non-hydrogen) atoms. The van der Waals surface area contributed by atoms with E-state index in [9.17, 15) is 22.8 Å². The molecule has 1 heterocycles. The van der Waals surface area contributed by atoms with Gasteiger partial charge in [0.05, 0.1) is 11.1 Å². The Labute approximate surface area is 160 Å². The second-order valence-electron chi connectivity index (χ2n) is 6.36. The number of ether oxygens (including phenoxy) is 1. The molecular formula is C20H19F3N2O3. The molecule has 0 unspecified atom stereocenters. The topological polar surface area (TPSA) is 49.9 Å². The summed E-state index contributed by atoms with van der Waals surface area (Å²) in [5.74, 6) is -0.690. The van der Waals surface area contributed by atoms with E-state index in [0.717, 1.165) is 11.6 Å². The van der Waals surface area contributed by atoms with Gasteiger partial charge in [0.2, 0.25) is 0 Å². The van der Waals surface area contributed by atoms with Gasteiger partial charge in [0.25, 0.3) is 5.91 Å². The number of carbonyl (C=O) groups is 2. The summed E-state index contributed by atoms with van der Waals surface area (Å²) in [5, 5.41) is 0. The van der Waals surface area contributed by atoms with Crippen LogP contribution in [0.5, 0.6) is 0 Å². The van der Waals surface area contributed by atoms with Crippen molar-refractivity contribution in [3.05, 3.63) is 71.3 Å². The largest absolute Gasteiger partial charge is 0.445 e. The van der Waals surface area contributed by atoms with E-state index < -0.39 is 23.7 Å². The molecule has 0 aliphatic carbocycles. The third-order valence-corrected chi connectivity index (χ3v) is 4.49. The van der Waals surface area contributed by atoms with Crippen LogP contribution in [-0.4, -0.2) is 48.0 Å². The van der Waals surface area contributed by atoms with Gasteiger partial charge in [0, 0.05) is 26.2 Å². The Morgan fingerprint density at radius 1 is 0.857 bits per heavy atom. The fourth-order valence-corrected chi connectivity index (χ4v) is 2.99. The average molecular weight is 392 g/mol. The number of hydrogen-bond acceptors (Lipinski definition) is 3. The van der Waals surface area contributed by atoms with E-state index in [-0.39, 0.29) is 38.3 Å². The third kappa shape index (κ3) is 4.62. The first-order chi connectivity index (χ1) is 13.4. The number of amides is 2. The van der Waals surface area contributed by atoms with Crippen LogP contribution < -0.4 is 0 Å². The van der Waals surface area contributed by atoms with E-state index >= 15 is 0 Å². The lowest BCUT2D eigenvalue weighted by Crippen LogP contribution is -2.50. The van der Waals surface area contributed by atoms with Crippen molar-refractivity contribution in [3.8, 4) is 0 Å². The Kier molecular flexibility index (Phi) is 5.87. The molecule has 1 aliphatic heterocycles. The zero-order valence-corrected chi connectivity index (χ0v) is 15.0. The number of alkyl halides is 3. The number of halogens is 3. The Bertz CT molecular complexity index is 832. The second kappa shape index (κ2) is 8.33. The molecule has 0 radical (unpaired) electrons. The lowest BCUT2D eigenvalue weighted by atomic mass is 10.1. The molecule has 0 spiro atoms. The highest BCUT2D eigenvalue weighted by Crippen LogP contribution is 2.32. The molecule has 1 saturated heterocycles. The number of hydrogen-bond donors (Lipinski definition) is 0. The standard InChI is InChI=1S/C20H19F3N2O3/c21-20(22,23)17-9-5-4-8-16(17)18(26)24-10-12-25(13-11-24)19(27)28-14-15-6-2-1-3-7-15/h1-9H,10-14H2. The quantitative estimate of drug-likeness (QED) is 0.799. The van der Waals surface area contributed by atoms with Crippen LogP contribution in [0.1, 0.15) is 21.5 Å². The lowest BCUT2D eigenvalue weighted by Gasteiger charge is -2.34. The van der Waals surface area contributed by atoms with Gasteiger partial charge in [0.15, 0.2) is 0 Å². The van der Waals surface area contributed by atoms with Crippen LogP contribution in [0.3, 0.4) is 0 Å². The van der Waals surface area contributed by atoms with Crippen molar-refractivity contribution in [2.24, 2.45) is 0 Å². The fraction of sp³-hybridized carbons (Fsp3) is 0.300. The maximum Gasteiger partial charge on any atom is 0.417 e. The number of rotatable bonds is 3. The van der Waals surface area contributed by atoms with E-state index in [1.807, 2.05) is 30.3 Å². The van der Waals surface area contributed by atoms with Crippen molar-refractivity contribution in [3.63, 3.8) is 0 Å². The van der Waals surface area contributed by atoms with Crippen molar-refractivity contribution in [2.45, 2.75) is 12.8 Å². The Morgan fingerprint density at radius 2 is 1.43 bits per heavy atom. The van der Waals surface area contributed by atoms with Crippen molar-refractivity contribution in [1.82, 2.24) is 9.80 Å². The first-order valence-corrected chi connectivity index (χ1v) is 8.77. The molecule has 8 heteroatoms. The maximum atomic E-state index is 13.1. The van der Waals surface area contributed by atoms with Gasteiger partial charge in [-0.25, -0.2) is 4.79 Å². The van der Waals surface area contributed by atoms with Crippen LogP contribution in [0.25, 0.3) is 0 Å². The molecule has 2 aromatic rings. The van der Waals surface area contributed by atoms with Gasteiger partial charge >= 0.3 is 12.3 Å². The predicted molar refractivity (Wildman–Crippen MR) is 95.5 cm³/mol. The first-order valence-electron chi connectivity index (χ1n) is 8.77. The summed E-state index contributed by atoms with van der Waals surface area (Å²) >= 11 is 0. The molecule has 0 N–H and O–H groups in total. The van der Waals surface area contributed by atoms with Crippen LogP contribution in [0.15, 0.2) is 54.6 Å². The van der Waals surface area contributed by atoms with Crippen LogP contribution in [0.2, 0.25) is 0 Å². The monoisotopic (exact) mass is 392 g/mol. The van der Waals surface area contributed by atoms with Crippen LogP contribution in [-0.2, 0) is 17.5 Å². The van der Waals surface area contributed by atoms with E-state index in [0.29, 0.717) is 0 Å². The highest BCUT2D eigenvalue weighted by atomic mass is 19.4. The SMILES string of the molecule is O=C(OCc1ccccc1)N1CCN(C(=O)c2ccccc2C(F)(F)F)CC1. The van der Waals surface area contributed by atoms with Crippen LogP contribution in [0, 0.1) is 0 Å². The zero-order chi connectivity index (χ0) is 20.1. The molecule has 2 aromatic carbocycles. The van der Waals surface area contributed by atoms with Crippen molar-refractivity contribution < 1.29 is 27.5 Å². The van der Waals surface area contributed by atoms with Crippen molar-refractivity contribution in [2.75, 3.05) is 26.2 Å². The summed E-state index contributed by atoms with van der Waals surface area (Å²) < 4.78 is 44.6. The maximum absolute atomic E-state index is 13.1. The van der Waals surface area contributed by atoms with E-state index in [2.05, 4.69) is 0 Å². The molecule has 3 rings (SSSR count). The van der Waals surface area contributed by atoms with Gasteiger partial charge in [-0.15, -0.1) is 0 Å². The normalized spacial score (nSPS) is 14.7. The molecule has 0 atom stereocenters. The summed E-state index contributed by atoms with van der Waals surface area (Å²) in [5.41, 5.74) is -0.478.